The molecule has 0 amide bonds. The van der Waals surface area contributed by atoms with Crippen molar-refractivity contribution < 1.29 is 4.79 Å². The number of carbonyl (C=O) groups excluding carboxylic acids is 1. The van der Waals surface area contributed by atoms with Crippen LogP contribution in [0, 0.1) is 0 Å². The molecule has 0 aromatic rings. The van der Waals surface area contributed by atoms with Gasteiger partial charge in [0.15, 0.2) is 0 Å². The fourth-order valence-electron chi connectivity index (χ4n) is 0.588. The number of aldehydes is 1. The lowest BCUT2D eigenvalue weighted by Crippen LogP contribution is -2.42. The van der Waals surface area contributed by atoms with E-state index in [1.165, 1.54) is 0 Å². The van der Waals surface area contributed by atoms with E-state index < -0.39 is 0 Å². The van der Waals surface area contributed by atoms with Crippen molar-refractivity contribution in [2.45, 2.75) is 24.6 Å². The number of thiol groups is 1. The van der Waals surface area contributed by atoms with Gasteiger partial charge in [-0.1, -0.05) is 0 Å². The first-order chi connectivity index (χ1) is 4.02. The minimum Gasteiger partial charge on any atom is -0.310 e. The van der Waals surface area contributed by atoms with Crippen LogP contribution in [0.5, 0.6) is 0 Å². The lowest BCUT2D eigenvalue weighted by atomic mass is 10.1. The van der Waals surface area contributed by atoms with Crippen LogP contribution in [0.4, 0.5) is 0 Å². The summed E-state index contributed by atoms with van der Waals surface area (Å²) in [5, 5.41) is 2.85. The molecule has 0 aromatic carbocycles. The molecule has 3 heteroatoms. The molecule has 1 unspecified atom stereocenters. The number of hydrogen-bond acceptors (Lipinski definition) is 3. The summed E-state index contributed by atoms with van der Waals surface area (Å²) in [7, 11) is 1.75. The molecule has 0 bridgehead atoms. The smallest absolute Gasteiger partial charge is 0.138 e. The summed E-state index contributed by atoms with van der Waals surface area (Å²) < 4.78 is -0.267. The highest BCUT2D eigenvalue weighted by Crippen LogP contribution is 2.14. The molecule has 0 aromatic heterocycles. The monoisotopic (exact) mass is 147 g/mol. The van der Waals surface area contributed by atoms with Crippen molar-refractivity contribution in [3.63, 3.8) is 0 Å². The minimum atomic E-state index is -0.267. The Balaban J connectivity index is 3.94. The topological polar surface area (TPSA) is 29.1 Å². The zero-order valence-electron chi connectivity index (χ0n) is 6.01. The van der Waals surface area contributed by atoms with E-state index in [0.29, 0.717) is 0 Å². The van der Waals surface area contributed by atoms with Gasteiger partial charge in [-0.3, -0.25) is 0 Å². The van der Waals surface area contributed by atoms with E-state index in [1.54, 1.807) is 7.05 Å². The summed E-state index contributed by atoms with van der Waals surface area (Å²) in [6.07, 6.45) is 0.868. The van der Waals surface area contributed by atoms with Gasteiger partial charge in [0.1, 0.15) is 6.29 Å². The van der Waals surface area contributed by atoms with Gasteiger partial charge in [-0.25, -0.2) is 0 Å². The second-order valence-corrected chi connectivity index (χ2v) is 3.71. The fraction of sp³-hybridized carbons (Fsp3) is 0.833. The van der Waals surface area contributed by atoms with Crippen LogP contribution in [-0.4, -0.2) is 24.1 Å². The van der Waals surface area contributed by atoms with E-state index in [0.717, 1.165) is 6.29 Å². The largest absolute Gasteiger partial charge is 0.310 e. The Labute approximate surface area is 61.4 Å². The Morgan fingerprint density at radius 2 is 2.11 bits per heavy atom. The van der Waals surface area contributed by atoms with Gasteiger partial charge < -0.3 is 10.1 Å². The van der Waals surface area contributed by atoms with E-state index in [1.807, 2.05) is 13.8 Å². The molecule has 1 atom stereocenters. The molecule has 0 rings (SSSR count). The molecule has 0 aliphatic rings. The van der Waals surface area contributed by atoms with Crippen LogP contribution in [0.1, 0.15) is 13.8 Å². The molecule has 0 aliphatic carbocycles. The quantitative estimate of drug-likeness (QED) is 0.449. The predicted octanol–water partition coefficient (Wildman–Crippen LogP) is 0.482. The summed E-state index contributed by atoms with van der Waals surface area (Å²) in [4.78, 5) is 10.3. The van der Waals surface area contributed by atoms with Gasteiger partial charge in [0, 0.05) is 4.75 Å². The lowest BCUT2D eigenvalue weighted by Gasteiger charge is -2.23. The Morgan fingerprint density at radius 1 is 1.67 bits per heavy atom. The van der Waals surface area contributed by atoms with Crippen molar-refractivity contribution in [1.29, 1.82) is 0 Å². The van der Waals surface area contributed by atoms with E-state index in [-0.39, 0.29) is 10.8 Å². The summed E-state index contributed by atoms with van der Waals surface area (Å²) in [6.45, 7) is 3.79. The summed E-state index contributed by atoms with van der Waals surface area (Å²) in [6, 6.07) is -0.166. The van der Waals surface area contributed by atoms with Gasteiger partial charge in [0.25, 0.3) is 0 Å². The van der Waals surface area contributed by atoms with E-state index >= 15 is 0 Å². The van der Waals surface area contributed by atoms with Crippen molar-refractivity contribution in [1.82, 2.24) is 5.32 Å². The molecular weight excluding hydrogens is 134 g/mol. The molecule has 0 heterocycles. The molecular formula is C6H13NOS. The number of rotatable bonds is 3. The van der Waals surface area contributed by atoms with Crippen molar-refractivity contribution in [2.24, 2.45) is 0 Å². The Hall–Kier alpha value is -0.0200. The Kier molecular flexibility index (Phi) is 3.22. The minimum absolute atomic E-state index is 0.166. The van der Waals surface area contributed by atoms with E-state index in [9.17, 15) is 4.79 Å². The van der Waals surface area contributed by atoms with Crippen LogP contribution in [0.15, 0.2) is 0 Å². The maximum atomic E-state index is 10.3. The van der Waals surface area contributed by atoms with Gasteiger partial charge >= 0.3 is 0 Å². The number of carbonyl (C=O) groups is 1. The Morgan fingerprint density at radius 3 is 2.11 bits per heavy atom. The molecule has 9 heavy (non-hydrogen) atoms. The summed E-state index contributed by atoms with van der Waals surface area (Å²) in [5.74, 6) is 0. The molecule has 0 aliphatic heterocycles. The highest BCUT2D eigenvalue weighted by Gasteiger charge is 2.22. The summed E-state index contributed by atoms with van der Waals surface area (Å²) in [5.41, 5.74) is 0. The van der Waals surface area contributed by atoms with Crippen LogP contribution in [-0.2, 0) is 4.79 Å². The third-order valence-electron chi connectivity index (χ3n) is 1.21. The molecule has 0 fully saturated rings. The summed E-state index contributed by atoms with van der Waals surface area (Å²) >= 11 is 4.22. The second kappa shape index (κ2) is 3.22. The van der Waals surface area contributed by atoms with Crippen LogP contribution < -0.4 is 5.32 Å². The van der Waals surface area contributed by atoms with Crippen LogP contribution >= 0.6 is 12.6 Å². The zero-order valence-corrected chi connectivity index (χ0v) is 6.90. The van der Waals surface area contributed by atoms with Crippen molar-refractivity contribution in [2.75, 3.05) is 7.05 Å². The van der Waals surface area contributed by atoms with Gasteiger partial charge in [0.2, 0.25) is 0 Å². The highest BCUT2D eigenvalue weighted by atomic mass is 32.1. The molecule has 0 saturated carbocycles. The molecule has 1 N–H and O–H groups in total. The van der Waals surface area contributed by atoms with Gasteiger partial charge in [-0.2, -0.15) is 12.6 Å². The fourth-order valence-corrected chi connectivity index (χ4v) is 0.778. The predicted molar refractivity (Wildman–Crippen MR) is 42.0 cm³/mol. The van der Waals surface area contributed by atoms with Crippen LogP contribution in [0.25, 0.3) is 0 Å². The molecule has 0 spiro atoms. The molecule has 2 nitrogen and oxygen atoms in total. The molecule has 54 valence electrons. The Bertz CT molecular complexity index is 97.7. The second-order valence-electron chi connectivity index (χ2n) is 2.56. The van der Waals surface area contributed by atoms with Gasteiger partial charge in [-0.05, 0) is 20.9 Å². The molecule has 0 saturated heterocycles. The number of nitrogens with one attached hydrogen (secondary N) is 1. The normalized spacial score (nSPS) is 15.1. The van der Waals surface area contributed by atoms with Crippen LogP contribution in [0.2, 0.25) is 0 Å². The van der Waals surface area contributed by atoms with E-state index in [4.69, 9.17) is 0 Å². The van der Waals surface area contributed by atoms with Gasteiger partial charge in [-0.15, -0.1) is 0 Å². The highest BCUT2D eigenvalue weighted by molar-refractivity contribution is 7.81. The number of likely N-dealkylation sites (N-methyl/N-ethyl adjacent to an activating group) is 1. The zero-order chi connectivity index (χ0) is 7.49. The standard InChI is InChI=1S/C6H13NOS/c1-6(2,9)5(4-8)7-3/h4-5,7,9H,1-3H3. The molecule has 0 radical (unpaired) electrons. The number of hydrogen-bond donors (Lipinski definition) is 2. The van der Waals surface area contributed by atoms with Crippen molar-refractivity contribution >= 4 is 18.9 Å². The first-order valence-electron chi connectivity index (χ1n) is 2.87. The average molecular weight is 147 g/mol. The van der Waals surface area contributed by atoms with Gasteiger partial charge in [0.05, 0.1) is 6.04 Å². The first-order valence-corrected chi connectivity index (χ1v) is 3.32. The SMILES string of the molecule is CNC(C=O)C(C)(C)S. The average Bonchev–Trinajstić information content (AvgIpc) is 1.65. The maximum Gasteiger partial charge on any atom is 0.138 e. The van der Waals surface area contributed by atoms with Crippen LogP contribution in [0.3, 0.4) is 0 Å². The van der Waals surface area contributed by atoms with Crippen molar-refractivity contribution in [3.8, 4) is 0 Å². The third-order valence-corrected chi connectivity index (χ3v) is 1.49. The van der Waals surface area contributed by atoms with Crippen molar-refractivity contribution in [3.05, 3.63) is 0 Å². The van der Waals surface area contributed by atoms with E-state index in [2.05, 4.69) is 17.9 Å². The third kappa shape index (κ3) is 2.87. The first kappa shape index (κ1) is 8.98. The maximum absolute atomic E-state index is 10.3. The lowest BCUT2D eigenvalue weighted by molar-refractivity contribution is -0.109.